The number of carbonyl (C=O) groups is 1. The first kappa shape index (κ1) is 13.9. The van der Waals surface area contributed by atoms with Crippen LogP contribution >= 0.6 is 23.1 Å². The first-order valence-corrected chi connectivity index (χ1v) is 6.93. The normalized spacial score (nSPS) is 13.4. The molecule has 1 aromatic heterocycles. The van der Waals surface area contributed by atoms with Crippen LogP contribution in [0.25, 0.3) is 0 Å². The molecule has 1 unspecified atom stereocenters. The molecule has 0 aliphatic carbocycles. The van der Waals surface area contributed by atoms with Crippen molar-refractivity contribution in [2.24, 2.45) is 16.5 Å². The number of hydrogen-bond donors (Lipinski definition) is 3. The highest BCUT2D eigenvalue weighted by Crippen LogP contribution is 2.24. The van der Waals surface area contributed by atoms with Gasteiger partial charge in [-0.05, 0) is 0 Å². The maximum atomic E-state index is 10.8. The van der Waals surface area contributed by atoms with Gasteiger partial charge in [-0.25, -0.2) is 4.98 Å². The molecule has 1 rings (SSSR count). The Morgan fingerprint density at radius 3 is 3.06 bits per heavy atom. The highest BCUT2D eigenvalue weighted by atomic mass is 32.2. The minimum atomic E-state index is -0.337. The van der Waals surface area contributed by atoms with Gasteiger partial charge in [0.05, 0.1) is 11.2 Å². The molecule has 1 heterocycles. The summed E-state index contributed by atoms with van der Waals surface area (Å²) in [6.45, 7) is 1.91. The van der Waals surface area contributed by atoms with Gasteiger partial charge in [0, 0.05) is 24.6 Å². The summed E-state index contributed by atoms with van der Waals surface area (Å²) in [6, 6.07) is 0. The number of nitrogens with zero attached hydrogens (tertiary/aromatic N) is 2. The molecule has 0 radical (unpaired) electrons. The van der Waals surface area contributed by atoms with Crippen molar-refractivity contribution in [3.8, 4) is 0 Å². The summed E-state index contributed by atoms with van der Waals surface area (Å²) in [5, 5.41) is 4.73. The van der Waals surface area contributed by atoms with E-state index in [0.717, 1.165) is 11.4 Å². The van der Waals surface area contributed by atoms with Crippen LogP contribution in [0.2, 0.25) is 0 Å². The van der Waals surface area contributed by atoms with Gasteiger partial charge < -0.3 is 16.8 Å². The van der Waals surface area contributed by atoms with Crippen molar-refractivity contribution >= 4 is 35.0 Å². The topological polar surface area (TPSA) is 106 Å². The zero-order valence-corrected chi connectivity index (χ0v) is 11.1. The van der Waals surface area contributed by atoms with E-state index >= 15 is 0 Å². The second kappa shape index (κ2) is 7.25. The second-order valence-electron chi connectivity index (χ2n) is 3.11. The summed E-state index contributed by atoms with van der Waals surface area (Å²) in [4.78, 5) is 18.6. The van der Waals surface area contributed by atoms with E-state index in [-0.39, 0.29) is 17.2 Å². The van der Waals surface area contributed by atoms with E-state index in [9.17, 15) is 4.79 Å². The van der Waals surface area contributed by atoms with Gasteiger partial charge >= 0.3 is 0 Å². The lowest BCUT2D eigenvalue weighted by Gasteiger charge is -2.16. The third-order valence-corrected chi connectivity index (χ3v) is 3.45. The van der Waals surface area contributed by atoms with E-state index < -0.39 is 0 Å². The number of thioether (sulfide) groups is 1. The van der Waals surface area contributed by atoms with E-state index in [4.69, 9.17) is 11.5 Å². The first-order chi connectivity index (χ1) is 8.13. The lowest BCUT2D eigenvalue weighted by atomic mass is 10.5. The van der Waals surface area contributed by atoms with Gasteiger partial charge in [-0.2, -0.15) is 4.99 Å². The number of aliphatic imine (C=N–C) groups is 1. The maximum absolute atomic E-state index is 10.8. The number of rotatable bonds is 5. The van der Waals surface area contributed by atoms with Gasteiger partial charge in [-0.1, -0.05) is 0 Å². The van der Waals surface area contributed by atoms with E-state index in [1.54, 1.807) is 17.3 Å². The largest absolute Gasteiger partial charge is 0.370 e. The number of nitrogens with one attached hydrogen (secondary N) is 1. The van der Waals surface area contributed by atoms with Crippen LogP contribution in [-0.4, -0.2) is 29.1 Å². The molecule has 5 N–H and O–H groups in total. The van der Waals surface area contributed by atoms with Crippen molar-refractivity contribution in [2.45, 2.75) is 12.3 Å². The summed E-state index contributed by atoms with van der Waals surface area (Å²) in [5.74, 6) is 0.526. The quantitative estimate of drug-likeness (QED) is 0.404. The van der Waals surface area contributed by atoms with Crippen LogP contribution in [0.1, 0.15) is 18.0 Å². The van der Waals surface area contributed by atoms with Crippen LogP contribution in [0.3, 0.4) is 0 Å². The predicted octanol–water partition coefficient (Wildman–Crippen LogP) is 0.284. The number of thiazole rings is 1. The molecule has 1 amide bonds. The number of guanidine groups is 1. The van der Waals surface area contributed by atoms with E-state index in [2.05, 4.69) is 15.3 Å². The third-order valence-electron chi connectivity index (χ3n) is 1.68. The van der Waals surface area contributed by atoms with Crippen LogP contribution in [0.15, 0.2) is 15.9 Å². The molecule has 0 bridgehead atoms. The number of nitrogens with two attached hydrogens (primary N) is 2. The summed E-state index contributed by atoms with van der Waals surface area (Å²) in [6.07, 6.45) is 0. The van der Waals surface area contributed by atoms with Crippen molar-refractivity contribution in [1.29, 1.82) is 0 Å². The van der Waals surface area contributed by atoms with Crippen molar-refractivity contribution in [1.82, 2.24) is 10.3 Å². The Hall–Kier alpha value is -1.12. The zero-order chi connectivity index (χ0) is 12.7. The van der Waals surface area contributed by atoms with Gasteiger partial charge in [-0.3, -0.25) is 4.79 Å². The van der Waals surface area contributed by atoms with Crippen LogP contribution in [0.5, 0.6) is 0 Å². The molecule has 0 aromatic carbocycles. The molecule has 1 aromatic rings. The number of amides is 1. The number of aromatic nitrogens is 1. The van der Waals surface area contributed by atoms with Crippen molar-refractivity contribution < 1.29 is 4.79 Å². The van der Waals surface area contributed by atoms with E-state index in [1.165, 1.54) is 18.3 Å². The van der Waals surface area contributed by atoms with Gasteiger partial charge in [0.15, 0.2) is 5.96 Å². The Balaban J connectivity index is 2.67. The SMILES string of the molecule is CC(=O)/N=C(/N)NC(SCCN)c1cscn1. The Bertz CT molecular complexity index is 379. The van der Waals surface area contributed by atoms with Crippen molar-refractivity contribution in [3.63, 3.8) is 0 Å². The first-order valence-electron chi connectivity index (χ1n) is 4.94. The van der Waals surface area contributed by atoms with Gasteiger partial charge in [0.25, 0.3) is 0 Å². The smallest absolute Gasteiger partial charge is 0.245 e. The molecule has 0 saturated carbocycles. The Labute approximate surface area is 108 Å². The highest BCUT2D eigenvalue weighted by Gasteiger charge is 2.14. The minimum absolute atomic E-state index is 0.0972. The third kappa shape index (κ3) is 5.16. The van der Waals surface area contributed by atoms with Crippen molar-refractivity contribution in [2.75, 3.05) is 12.3 Å². The van der Waals surface area contributed by atoms with E-state index in [1.807, 2.05) is 5.38 Å². The molecule has 17 heavy (non-hydrogen) atoms. The monoisotopic (exact) mass is 273 g/mol. The Morgan fingerprint density at radius 2 is 2.53 bits per heavy atom. The van der Waals surface area contributed by atoms with Gasteiger partial charge in [-0.15, -0.1) is 23.1 Å². The fourth-order valence-corrected chi connectivity index (χ4v) is 2.62. The second-order valence-corrected chi connectivity index (χ2v) is 5.04. The molecular weight excluding hydrogens is 258 g/mol. The molecule has 0 aliphatic rings. The zero-order valence-electron chi connectivity index (χ0n) is 9.42. The maximum Gasteiger partial charge on any atom is 0.245 e. The summed E-state index contributed by atoms with van der Waals surface area (Å²) in [5.41, 5.74) is 13.7. The lowest BCUT2D eigenvalue weighted by molar-refractivity contribution is -0.115. The Morgan fingerprint density at radius 1 is 1.76 bits per heavy atom. The Kier molecular flexibility index (Phi) is 5.95. The molecule has 0 aliphatic heterocycles. The fourth-order valence-electron chi connectivity index (χ4n) is 1.07. The van der Waals surface area contributed by atoms with Crippen molar-refractivity contribution in [3.05, 3.63) is 16.6 Å². The molecule has 94 valence electrons. The fraction of sp³-hybridized carbons (Fsp3) is 0.444. The van der Waals surface area contributed by atoms with Gasteiger partial charge in [0.2, 0.25) is 5.91 Å². The summed E-state index contributed by atoms with van der Waals surface area (Å²) in [7, 11) is 0. The molecule has 1 atom stereocenters. The molecule has 0 saturated heterocycles. The molecule has 0 fully saturated rings. The minimum Gasteiger partial charge on any atom is -0.370 e. The average Bonchev–Trinajstić information content (AvgIpc) is 2.76. The van der Waals surface area contributed by atoms with Crippen LogP contribution in [0.4, 0.5) is 0 Å². The highest BCUT2D eigenvalue weighted by molar-refractivity contribution is 7.99. The van der Waals surface area contributed by atoms with E-state index in [0.29, 0.717) is 6.54 Å². The van der Waals surface area contributed by atoms with Crippen LogP contribution in [-0.2, 0) is 4.79 Å². The molecular formula is C9H15N5OS2. The summed E-state index contributed by atoms with van der Waals surface area (Å²) < 4.78 is 0. The number of carbonyl (C=O) groups excluding carboxylic acids is 1. The van der Waals surface area contributed by atoms with Crippen LogP contribution in [0, 0.1) is 0 Å². The van der Waals surface area contributed by atoms with Gasteiger partial charge in [0.1, 0.15) is 5.37 Å². The predicted molar refractivity (Wildman–Crippen MR) is 71.8 cm³/mol. The molecule has 6 nitrogen and oxygen atoms in total. The van der Waals surface area contributed by atoms with Crippen LogP contribution < -0.4 is 16.8 Å². The standard InChI is InChI=1S/C9H15N5OS2/c1-6(15)13-9(11)14-8(17-3-2-10)7-4-16-5-12-7/h4-5,8H,2-3,10H2,1H3,(H3,11,13,14,15). The lowest BCUT2D eigenvalue weighted by Crippen LogP contribution is -2.34. The molecule has 0 spiro atoms. The summed E-state index contributed by atoms with van der Waals surface area (Å²) >= 11 is 3.07. The molecule has 8 heteroatoms. The average molecular weight is 273 g/mol. The number of hydrogen-bond acceptors (Lipinski definition) is 5.